The summed E-state index contributed by atoms with van der Waals surface area (Å²) in [5.74, 6) is -0.527. The van der Waals surface area contributed by atoms with Crippen molar-refractivity contribution in [1.82, 2.24) is 15.0 Å². The first-order valence-corrected chi connectivity index (χ1v) is 9.06. The van der Waals surface area contributed by atoms with E-state index in [1.54, 1.807) is 24.3 Å². The van der Waals surface area contributed by atoms with Gasteiger partial charge in [0.1, 0.15) is 12.1 Å². The molecule has 2 heterocycles. The number of carbonyl (C=O) groups is 1. The Kier molecular flexibility index (Phi) is 4.78. The number of primary amides is 1. The van der Waals surface area contributed by atoms with Crippen molar-refractivity contribution in [3.8, 4) is 17.0 Å². The van der Waals surface area contributed by atoms with Gasteiger partial charge in [-0.15, -0.1) is 0 Å². The number of nitrogens with zero attached hydrogens (tertiary/aromatic N) is 2. The number of aromatic hydroxyl groups is 1. The molecule has 0 aliphatic carbocycles. The lowest BCUT2D eigenvalue weighted by atomic mass is 10.0. The van der Waals surface area contributed by atoms with E-state index in [9.17, 15) is 14.7 Å². The van der Waals surface area contributed by atoms with Crippen LogP contribution in [0.3, 0.4) is 0 Å². The molecule has 7 nitrogen and oxygen atoms in total. The van der Waals surface area contributed by atoms with E-state index < -0.39 is 5.91 Å². The summed E-state index contributed by atoms with van der Waals surface area (Å²) >= 11 is 0. The van der Waals surface area contributed by atoms with Crippen LogP contribution >= 0.6 is 0 Å². The van der Waals surface area contributed by atoms with Crippen LogP contribution in [0, 0.1) is 0 Å². The number of pyridine rings is 1. The molecule has 0 saturated carbocycles. The maximum atomic E-state index is 11.6. The second-order valence-electron chi connectivity index (χ2n) is 6.70. The molecule has 0 radical (unpaired) electrons. The van der Waals surface area contributed by atoms with Gasteiger partial charge in [-0.2, -0.15) is 0 Å². The molecular formula is C22H18N4O3. The van der Waals surface area contributed by atoms with Crippen molar-refractivity contribution in [2.75, 3.05) is 0 Å². The fraction of sp³-hybridized carbons (Fsp3) is 0.0909. The van der Waals surface area contributed by atoms with Crippen LogP contribution in [-0.2, 0) is 12.8 Å². The maximum Gasteiger partial charge on any atom is 0.252 e. The monoisotopic (exact) mass is 386 g/mol. The Labute approximate surface area is 165 Å². The Hall–Kier alpha value is -4.00. The highest BCUT2D eigenvalue weighted by atomic mass is 16.3. The van der Waals surface area contributed by atoms with E-state index in [1.807, 2.05) is 24.3 Å². The molecule has 0 aliphatic heterocycles. The molecule has 0 fully saturated rings. The van der Waals surface area contributed by atoms with Gasteiger partial charge in [-0.1, -0.05) is 24.3 Å². The number of amides is 1. The molecule has 4 N–H and O–H groups in total. The van der Waals surface area contributed by atoms with E-state index in [0.717, 1.165) is 22.9 Å². The fourth-order valence-electron chi connectivity index (χ4n) is 3.33. The van der Waals surface area contributed by atoms with E-state index in [0.29, 0.717) is 35.0 Å². The highest BCUT2D eigenvalue weighted by molar-refractivity contribution is 5.94. The van der Waals surface area contributed by atoms with Gasteiger partial charge in [0.25, 0.3) is 5.56 Å². The first-order valence-electron chi connectivity index (χ1n) is 9.06. The minimum Gasteiger partial charge on any atom is -0.507 e. The summed E-state index contributed by atoms with van der Waals surface area (Å²) in [5, 5.41) is 10.6. The zero-order valence-electron chi connectivity index (χ0n) is 15.4. The highest BCUT2D eigenvalue weighted by Gasteiger charge is 2.10. The standard InChI is InChI=1S/C22H18N4O3/c23-22(29)16-4-2-1-3-13(16)5-7-15-10-19(25-12-24-15)14-6-8-18-17(9-14)20(27)11-21(28)26-18/h1-4,6,8-12H,5,7H2,(H2,23,29)(H2,26,27,28). The summed E-state index contributed by atoms with van der Waals surface area (Å²) in [6, 6.07) is 15.6. The third-order valence-corrected chi connectivity index (χ3v) is 4.77. The Morgan fingerprint density at radius 3 is 2.69 bits per heavy atom. The largest absolute Gasteiger partial charge is 0.507 e. The Balaban J connectivity index is 1.62. The summed E-state index contributed by atoms with van der Waals surface area (Å²) in [4.78, 5) is 34.4. The number of fused-ring (bicyclic) bond motifs is 1. The van der Waals surface area contributed by atoms with Gasteiger partial charge >= 0.3 is 0 Å². The summed E-state index contributed by atoms with van der Waals surface area (Å²) in [6.45, 7) is 0. The van der Waals surface area contributed by atoms with Crippen LogP contribution in [-0.4, -0.2) is 26.0 Å². The minimum absolute atomic E-state index is 0.0806. The first-order chi connectivity index (χ1) is 14.0. The number of aromatic amines is 1. The van der Waals surface area contributed by atoms with Crippen molar-refractivity contribution < 1.29 is 9.90 Å². The number of rotatable bonds is 5. The van der Waals surface area contributed by atoms with Crippen LogP contribution in [0.4, 0.5) is 0 Å². The quantitative estimate of drug-likeness (QED) is 0.487. The lowest BCUT2D eigenvalue weighted by Crippen LogP contribution is -2.14. The summed E-state index contributed by atoms with van der Waals surface area (Å²) < 4.78 is 0. The number of hydrogen-bond acceptors (Lipinski definition) is 5. The molecule has 2 aromatic carbocycles. The zero-order valence-corrected chi connectivity index (χ0v) is 15.4. The van der Waals surface area contributed by atoms with Crippen LogP contribution in [0.5, 0.6) is 5.75 Å². The van der Waals surface area contributed by atoms with Crippen molar-refractivity contribution in [3.05, 3.63) is 88.1 Å². The van der Waals surface area contributed by atoms with Gasteiger partial charge in [0.2, 0.25) is 5.91 Å². The Morgan fingerprint density at radius 1 is 1.03 bits per heavy atom. The number of hydrogen-bond donors (Lipinski definition) is 3. The van der Waals surface area contributed by atoms with Gasteiger partial charge in [0, 0.05) is 28.3 Å². The molecular weight excluding hydrogens is 368 g/mol. The van der Waals surface area contributed by atoms with Crippen molar-refractivity contribution in [2.24, 2.45) is 5.73 Å². The van der Waals surface area contributed by atoms with Crippen LogP contribution in [0.1, 0.15) is 21.6 Å². The lowest BCUT2D eigenvalue weighted by Gasteiger charge is -2.08. The average Bonchev–Trinajstić information content (AvgIpc) is 2.72. The summed E-state index contributed by atoms with van der Waals surface area (Å²) in [7, 11) is 0. The highest BCUT2D eigenvalue weighted by Crippen LogP contribution is 2.27. The Bertz CT molecular complexity index is 1280. The van der Waals surface area contributed by atoms with Crippen molar-refractivity contribution in [1.29, 1.82) is 0 Å². The topological polar surface area (TPSA) is 122 Å². The number of benzene rings is 2. The molecule has 29 heavy (non-hydrogen) atoms. The van der Waals surface area contributed by atoms with Crippen LogP contribution in [0.15, 0.2) is 65.7 Å². The number of aryl methyl sites for hydroxylation is 2. The van der Waals surface area contributed by atoms with Gasteiger partial charge in [-0.05, 0) is 42.7 Å². The van der Waals surface area contributed by atoms with Crippen molar-refractivity contribution >= 4 is 16.8 Å². The van der Waals surface area contributed by atoms with Gasteiger partial charge in [0.15, 0.2) is 0 Å². The summed E-state index contributed by atoms with van der Waals surface area (Å²) in [6.07, 6.45) is 2.73. The third kappa shape index (κ3) is 3.84. The molecule has 144 valence electrons. The van der Waals surface area contributed by atoms with E-state index in [4.69, 9.17) is 5.73 Å². The molecule has 0 aliphatic rings. The third-order valence-electron chi connectivity index (χ3n) is 4.77. The molecule has 2 aromatic heterocycles. The fourth-order valence-corrected chi connectivity index (χ4v) is 3.33. The summed E-state index contributed by atoms with van der Waals surface area (Å²) in [5.41, 5.74) is 9.34. The number of nitrogens with one attached hydrogen (secondary N) is 1. The molecule has 0 saturated heterocycles. The van der Waals surface area contributed by atoms with Crippen molar-refractivity contribution in [2.45, 2.75) is 12.8 Å². The van der Waals surface area contributed by atoms with Gasteiger partial charge in [0.05, 0.1) is 11.2 Å². The second kappa shape index (κ2) is 7.55. The predicted molar refractivity (Wildman–Crippen MR) is 110 cm³/mol. The first kappa shape index (κ1) is 18.4. The van der Waals surface area contributed by atoms with E-state index in [1.165, 1.54) is 6.33 Å². The normalized spacial score (nSPS) is 10.9. The van der Waals surface area contributed by atoms with Gasteiger partial charge in [-0.25, -0.2) is 9.97 Å². The predicted octanol–water partition coefficient (Wildman–Crippen LogP) is 2.57. The van der Waals surface area contributed by atoms with Crippen molar-refractivity contribution in [3.63, 3.8) is 0 Å². The van der Waals surface area contributed by atoms with Crippen LogP contribution < -0.4 is 11.3 Å². The number of nitrogens with two attached hydrogens (primary N) is 1. The molecule has 4 aromatic rings. The lowest BCUT2D eigenvalue weighted by molar-refractivity contribution is 0.0999. The Morgan fingerprint density at radius 2 is 1.86 bits per heavy atom. The maximum absolute atomic E-state index is 11.6. The molecule has 0 spiro atoms. The zero-order chi connectivity index (χ0) is 20.4. The molecule has 4 rings (SSSR count). The van der Waals surface area contributed by atoms with E-state index in [2.05, 4.69) is 15.0 Å². The van der Waals surface area contributed by atoms with E-state index in [-0.39, 0.29) is 11.3 Å². The van der Waals surface area contributed by atoms with E-state index >= 15 is 0 Å². The van der Waals surface area contributed by atoms with Crippen LogP contribution in [0.2, 0.25) is 0 Å². The molecule has 0 atom stereocenters. The SMILES string of the molecule is NC(=O)c1ccccc1CCc1cc(-c2ccc3[nH]c(=O)cc(O)c3c2)ncn1. The number of carbonyl (C=O) groups excluding carboxylic acids is 1. The molecule has 0 unspecified atom stereocenters. The smallest absolute Gasteiger partial charge is 0.252 e. The number of H-pyrrole nitrogens is 1. The second-order valence-corrected chi connectivity index (χ2v) is 6.70. The van der Waals surface area contributed by atoms with Gasteiger partial charge in [-0.3, -0.25) is 9.59 Å². The molecule has 7 heteroatoms. The minimum atomic E-state index is -0.446. The van der Waals surface area contributed by atoms with Crippen LogP contribution in [0.25, 0.3) is 22.2 Å². The number of aromatic nitrogens is 3. The molecule has 1 amide bonds. The molecule has 0 bridgehead atoms. The van der Waals surface area contributed by atoms with Gasteiger partial charge < -0.3 is 15.8 Å². The average molecular weight is 386 g/mol.